The second-order valence-electron chi connectivity index (χ2n) is 8.43. The van der Waals surface area contributed by atoms with Crippen LogP contribution < -0.4 is 4.74 Å². The third-order valence-corrected chi connectivity index (χ3v) is 6.33. The van der Waals surface area contributed by atoms with E-state index in [0.717, 1.165) is 30.0 Å². The van der Waals surface area contributed by atoms with Gasteiger partial charge in [-0.05, 0) is 94.2 Å². The molecule has 0 saturated heterocycles. The molecule has 146 valence electrons. The molecule has 0 bridgehead atoms. The third kappa shape index (κ3) is 5.87. The highest BCUT2D eigenvalue weighted by atomic mass is 79.9. The van der Waals surface area contributed by atoms with Gasteiger partial charge in [0, 0.05) is 10.9 Å². The van der Waals surface area contributed by atoms with Gasteiger partial charge >= 0.3 is 0 Å². The number of benzene rings is 1. The van der Waals surface area contributed by atoms with E-state index in [2.05, 4.69) is 68.8 Å². The van der Waals surface area contributed by atoms with Crippen LogP contribution in [0.2, 0.25) is 0 Å². The molecule has 3 atom stereocenters. The number of rotatable bonds is 9. The summed E-state index contributed by atoms with van der Waals surface area (Å²) in [6.45, 7) is 12.3. The average Bonchev–Trinajstić information content (AvgIpc) is 2.58. The SMILES string of the molecule is CC(C)=CCC[C@H](C)[C@@H]1CC[C@@H](C)c2c(OCCCCBr)cc(C)cc21. The highest BCUT2D eigenvalue weighted by Gasteiger charge is 2.31. The summed E-state index contributed by atoms with van der Waals surface area (Å²) in [5.74, 6) is 3.16. The van der Waals surface area contributed by atoms with Crippen molar-refractivity contribution >= 4 is 15.9 Å². The van der Waals surface area contributed by atoms with Gasteiger partial charge in [0.05, 0.1) is 6.61 Å². The standard InChI is InChI=1S/C24H37BrO/c1-17(2)9-8-10-19(4)21-12-11-20(5)24-22(21)15-18(3)16-23(24)26-14-7-6-13-25/h9,15-16,19-21H,6-8,10-14H2,1-5H3/t19-,20+,21-/m0/s1. The first-order valence-electron chi connectivity index (χ1n) is 10.4. The molecule has 1 aromatic carbocycles. The zero-order chi connectivity index (χ0) is 19.1. The van der Waals surface area contributed by atoms with Crippen molar-refractivity contribution in [1.29, 1.82) is 0 Å². The molecule has 1 aliphatic carbocycles. The van der Waals surface area contributed by atoms with Crippen molar-refractivity contribution in [2.45, 2.75) is 85.0 Å². The fraction of sp³-hybridized carbons (Fsp3) is 0.667. The Morgan fingerprint density at radius 2 is 2.04 bits per heavy atom. The molecule has 2 heteroatoms. The summed E-state index contributed by atoms with van der Waals surface area (Å²) in [7, 11) is 0. The summed E-state index contributed by atoms with van der Waals surface area (Å²) in [5, 5.41) is 1.06. The Kier molecular flexibility index (Phi) is 8.73. The minimum atomic E-state index is 0.609. The monoisotopic (exact) mass is 420 g/mol. The van der Waals surface area contributed by atoms with Crippen LogP contribution in [0.1, 0.15) is 94.7 Å². The van der Waals surface area contributed by atoms with Crippen LogP contribution in [-0.2, 0) is 0 Å². The molecule has 0 unspecified atom stereocenters. The molecule has 2 rings (SSSR count). The van der Waals surface area contributed by atoms with Crippen molar-refractivity contribution in [3.05, 3.63) is 40.5 Å². The lowest BCUT2D eigenvalue weighted by Gasteiger charge is -2.35. The van der Waals surface area contributed by atoms with Gasteiger partial charge in [-0.2, -0.15) is 0 Å². The van der Waals surface area contributed by atoms with E-state index in [1.165, 1.54) is 48.8 Å². The van der Waals surface area contributed by atoms with Crippen LogP contribution in [0.15, 0.2) is 23.8 Å². The van der Waals surface area contributed by atoms with Gasteiger partial charge in [0.25, 0.3) is 0 Å². The maximum atomic E-state index is 6.27. The molecular weight excluding hydrogens is 384 g/mol. The first kappa shape index (κ1) is 21.5. The van der Waals surface area contributed by atoms with E-state index < -0.39 is 0 Å². The molecule has 0 heterocycles. The summed E-state index contributed by atoms with van der Waals surface area (Å²) in [4.78, 5) is 0. The van der Waals surface area contributed by atoms with Crippen molar-refractivity contribution in [2.75, 3.05) is 11.9 Å². The van der Waals surface area contributed by atoms with Crippen LogP contribution >= 0.6 is 15.9 Å². The first-order chi connectivity index (χ1) is 12.4. The first-order valence-corrected chi connectivity index (χ1v) is 11.5. The number of alkyl halides is 1. The molecule has 26 heavy (non-hydrogen) atoms. The molecule has 0 aromatic heterocycles. The highest BCUT2D eigenvalue weighted by molar-refractivity contribution is 9.09. The molecule has 0 saturated carbocycles. The van der Waals surface area contributed by atoms with E-state index in [9.17, 15) is 0 Å². The quantitative estimate of drug-likeness (QED) is 0.224. The Morgan fingerprint density at radius 3 is 2.73 bits per heavy atom. The van der Waals surface area contributed by atoms with E-state index in [1.807, 2.05) is 0 Å². The lowest BCUT2D eigenvalue weighted by molar-refractivity contribution is 0.297. The molecular formula is C24H37BrO. The van der Waals surface area contributed by atoms with Crippen LogP contribution in [0, 0.1) is 12.8 Å². The normalized spacial score (nSPS) is 20.4. The molecule has 0 spiro atoms. The number of hydrogen-bond acceptors (Lipinski definition) is 1. The Morgan fingerprint density at radius 1 is 1.27 bits per heavy atom. The molecule has 0 amide bonds. The number of aryl methyl sites for hydroxylation is 1. The lowest BCUT2D eigenvalue weighted by Crippen LogP contribution is -2.20. The van der Waals surface area contributed by atoms with Gasteiger partial charge in [0.15, 0.2) is 0 Å². The molecule has 0 aliphatic heterocycles. The molecule has 0 N–H and O–H groups in total. The number of unbranched alkanes of at least 4 members (excludes halogenated alkanes) is 1. The fourth-order valence-corrected chi connectivity index (χ4v) is 4.68. The molecule has 0 radical (unpaired) electrons. The summed E-state index contributed by atoms with van der Waals surface area (Å²) in [6.07, 6.45) is 9.75. The van der Waals surface area contributed by atoms with Crippen molar-refractivity contribution in [3.8, 4) is 5.75 Å². The van der Waals surface area contributed by atoms with Crippen molar-refractivity contribution < 1.29 is 4.74 Å². The van der Waals surface area contributed by atoms with Gasteiger partial charge < -0.3 is 4.74 Å². The average molecular weight is 421 g/mol. The minimum absolute atomic E-state index is 0.609. The molecule has 1 aromatic rings. The number of fused-ring (bicyclic) bond motifs is 1. The number of hydrogen-bond donors (Lipinski definition) is 0. The van der Waals surface area contributed by atoms with Gasteiger partial charge in [0.2, 0.25) is 0 Å². The Labute approximate surface area is 169 Å². The van der Waals surface area contributed by atoms with Gasteiger partial charge in [-0.15, -0.1) is 0 Å². The van der Waals surface area contributed by atoms with E-state index in [4.69, 9.17) is 4.74 Å². The highest BCUT2D eigenvalue weighted by Crippen LogP contribution is 2.47. The summed E-state index contributed by atoms with van der Waals surface area (Å²) >= 11 is 3.51. The maximum absolute atomic E-state index is 6.27. The number of halogens is 1. The Balaban J connectivity index is 2.21. The van der Waals surface area contributed by atoms with Crippen LogP contribution in [0.4, 0.5) is 0 Å². The smallest absolute Gasteiger partial charge is 0.123 e. The van der Waals surface area contributed by atoms with Gasteiger partial charge in [-0.25, -0.2) is 0 Å². The van der Waals surface area contributed by atoms with Crippen LogP contribution in [-0.4, -0.2) is 11.9 Å². The second-order valence-corrected chi connectivity index (χ2v) is 9.22. The van der Waals surface area contributed by atoms with Crippen LogP contribution in [0.25, 0.3) is 0 Å². The van der Waals surface area contributed by atoms with Crippen molar-refractivity contribution in [2.24, 2.45) is 5.92 Å². The summed E-state index contributed by atoms with van der Waals surface area (Å²) in [6, 6.07) is 4.71. The van der Waals surface area contributed by atoms with E-state index in [0.29, 0.717) is 11.8 Å². The maximum Gasteiger partial charge on any atom is 0.123 e. The zero-order valence-corrected chi connectivity index (χ0v) is 19.0. The molecule has 1 aliphatic rings. The van der Waals surface area contributed by atoms with E-state index in [-0.39, 0.29) is 0 Å². The van der Waals surface area contributed by atoms with Crippen LogP contribution in [0.5, 0.6) is 5.75 Å². The second kappa shape index (κ2) is 10.5. The minimum Gasteiger partial charge on any atom is -0.493 e. The summed E-state index contributed by atoms with van der Waals surface area (Å²) < 4.78 is 6.27. The Hall–Kier alpha value is -0.760. The van der Waals surface area contributed by atoms with E-state index in [1.54, 1.807) is 5.56 Å². The molecule has 0 fully saturated rings. The van der Waals surface area contributed by atoms with Gasteiger partial charge in [-0.1, -0.05) is 47.5 Å². The van der Waals surface area contributed by atoms with E-state index >= 15 is 0 Å². The van der Waals surface area contributed by atoms with Crippen molar-refractivity contribution in [3.63, 3.8) is 0 Å². The predicted octanol–water partition coefficient (Wildman–Crippen LogP) is 7.91. The Bertz CT molecular complexity index is 600. The third-order valence-electron chi connectivity index (χ3n) is 5.77. The topological polar surface area (TPSA) is 9.23 Å². The van der Waals surface area contributed by atoms with Gasteiger partial charge in [-0.3, -0.25) is 0 Å². The van der Waals surface area contributed by atoms with Crippen LogP contribution in [0.3, 0.4) is 0 Å². The van der Waals surface area contributed by atoms with Crippen molar-refractivity contribution in [1.82, 2.24) is 0 Å². The fourth-order valence-electron chi connectivity index (χ4n) is 4.28. The lowest BCUT2D eigenvalue weighted by atomic mass is 9.71. The zero-order valence-electron chi connectivity index (χ0n) is 17.4. The number of allylic oxidation sites excluding steroid dienone is 2. The largest absolute Gasteiger partial charge is 0.493 e. The number of ether oxygens (including phenoxy) is 1. The molecule has 1 nitrogen and oxygen atoms in total. The predicted molar refractivity (Wildman–Crippen MR) is 118 cm³/mol. The summed E-state index contributed by atoms with van der Waals surface area (Å²) in [5.41, 5.74) is 5.85. The van der Waals surface area contributed by atoms with Gasteiger partial charge in [0.1, 0.15) is 5.75 Å².